The molecule has 0 atom stereocenters. The molecule has 1 aromatic heterocycles. The van der Waals surface area contributed by atoms with Gasteiger partial charge in [0.25, 0.3) is 0 Å². The van der Waals surface area contributed by atoms with Gasteiger partial charge in [0.05, 0.1) is 20.4 Å². The van der Waals surface area contributed by atoms with E-state index in [4.69, 9.17) is 15.2 Å². The zero-order chi connectivity index (χ0) is 11.5. The lowest BCUT2D eigenvalue weighted by Crippen LogP contribution is -2.34. The lowest BCUT2D eigenvalue weighted by molar-refractivity contribution is 0.380. The Morgan fingerprint density at radius 3 is 2.47 bits per heavy atom. The molecule has 0 aliphatic rings. The van der Waals surface area contributed by atoms with Crippen molar-refractivity contribution in [1.29, 1.82) is 0 Å². The number of hydrogen-bond donors (Lipinski definition) is 1. The van der Waals surface area contributed by atoms with E-state index in [0.717, 1.165) is 17.7 Å². The summed E-state index contributed by atoms with van der Waals surface area (Å²) < 4.78 is 10.3. The van der Waals surface area contributed by atoms with Crippen LogP contribution in [0.4, 0.5) is 0 Å². The zero-order valence-corrected chi connectivity index (χ0v) is 9.70. The number of methoxy groups -OCH3 is 2. The highest BCUT2D eigenvalue weighted by atomic mass is 16.5. The van der Waals surface area contributed by atoms with Crippen LogP contribution in [0.15, 0.2) is 12.3 Å². The summed E-state index contributed by atoms with van der Waals surface area (Å²) in [6.45, 7) is 3.94. The predicted molar refractivity (Wildman–Crippen MR) is 59.3 cm³/mol. The molecule has 2 N–H and O–H groups in total. The molecule has 1 aromatic rings. The Bertz CT molecular complexity index is 332. The van der Waals surface area contributed by atoms with Gasteiger partial charge in [-0.2, -0.15) is 0 Å². The van der Waals surface area contributed by atoms with Crippen molar-refractivity contribution in [3.05, 3.63) is 17.8 Å². The first-order valence-corrected chi connectivity index (χ1v) is 4.82. The average molecular weight is 210 g/mol. The van der Waals surface area contributed by atoms with Crippen LogP contribution in [0.3, 0.4) is 0 Å². The molecule has 4 heteroatoms. The van der Waals surface area contributed by atoms with E-state index < -0.39 is 0 Å². The fourth-order valence-corrected chi connectivity index (χ4v) is 1.39. The Labute approximate surface area is 90.4 Å². The lowest BCUT2D eigenvalue weighted by atomic mass is 9.96. The molecule has 84 valence electrons. The molecule has 0 unspecified atom stereocenters. The quantitative estimate of drug-likeness (QED) is 0.815. The molecular weight excluding hydrogens is 192 g/mol. The van der Waals surface area contributed by atoms with Gasteiger partial charge in [-0.15, -0.1) is 0 Å². The minimum Gasteiger partial charge on any atom is -0.495 e. The average Bonchev–Trinajstić information content (AvgIpc) is 2.15. The van der Waals surface area contributed by atoms with Crippen LogP contribution in [0.2, 0.25) is 0 Å². The number of aromatic nitrogens is 1. The van der Waals surface area contributed by atoms with Crippen molar-refractivity contribution in [1.82, 2.24) is 4.98 Å². The van der Waals surface area contributed by atoms with Gasteiger partial charge in [-0.25, -0.2) is 4.98 Å². The maximum Gasteiger partial charge on any atom is 0.213 e. The van der Waals surface area contributed by atoms with Crippen molar-refractivity contribution in [2.45, 2.75) is 25.8 Å². The predicted octanol–water partition coefficient (Wildman–Crippen LogP) is 1.38. The molecule has 0 aromatic carbocycles. The van der Waals surface area contributed by atoms with Crippen molar-refractivity contribution in [3.63, 3.8) is 0 Å². The van der Waals surface area contributed by atoms with Crippen LogP contribution in [0.1, 0.15) is 19.4 Å². The zero-order valence-electron chi connectivity index (χ0n) is 9.70. The van der Waals surface area contributed by atoms with Crippen LogP contribution in [-0.4, -0.2) is 24.7 Å². The number of rotatable bonds is 4. The van der Waals surface area contributed by atoms with Gasteiger partial charge in [0.15, 0.2) is 0 Å². The van der Waals surface area contributed by atoms with Gasteiger partial charge in [-0.3, -0.25) is 0 Å². The molecule has 0 saturated heterocycles. The maximum atomic E-state index is 5.97. The third kappa shape index (κ3) is 3.40. The third-order valence-electron chi connectivity index (χ3n) is 2.00. The second-order valence-corrected chi connectivity index (χ2v) is 4.20. The summed E-state index contributed by atoms with van der Waals surface area (Å²) in [6, 6.07) is 1.85. The second kappa shape index (κ2) is 4.49. The molecular formula is C11H18N2O2. The molecule has 0 aliphatic heterocycles. The Morgan fingerprint density at radius 2 is 2.00 bits per heavy atom. The summed E-state index contributed by atoms with van der Waals surface area (Å²) in [4.78, 5) is 4.07. The molecule has 1 rings (SSSR count). The van der Waals surface area contributed by atoms with Gasteiger partial charge < -0.3 is 15.2 Å². The van der Waals surface area contributed by atoms with Crippen LogP contribution in [0, 0.1) is 0 Å². The number of nitrogens with zero attached hydrogens (tertiary/aromatic N) is 1. The minimum atomic E-state index is -0.278. The van der Waals surface area contributed by atoms with E-state index in [1.54, 1.807) is 20.4 Å². The molecule has 4 nitrogen and oxygen atoms in total. The van der Waals surface area contributed by atoms with E-state index in [0.29, 0.717) is 5.88 Å². The summed E-state index contributed by atoms with van der Waals surface area (Å²) in [6.07, 6.45) is 2.37. The van der Waals surface area contributed by atoms with Crippen LogP contribution < -0.4 is 15.2 Å². The summed E-state index contributed by atoms with van der Waals surface area (Å²) in [7, 11) is 3.21. The van der Waals surface area contributed by atoms with Gasteiger partial charge >= 0.3 is 0 Å². The number of pyridine rings is 1. The standard InChI is InChI=1S/C11H18N2O2/c1-11(2,12)6-8-5-10(15-4)13-7-9(8)14-3/h5,7H,6,12H2,1-4H3. The summed E-state index contributed by atoms with van der Waals surface area (Å²) >= 11 is 0. The highest BCUT2D eigenvalue weighted by Gasteiger charge is 2.16. The van der Waals surface area contributed by atoms with Crippen molar-refractivity contribution < 1.29 is 9.47 Å². The third-order valence-corrected chi connectivity index (χ3v) is 2.00. The summed E-state index contributed by atoms with van der Waals surface area (Å²) in [5, 5.41) is 0. The van der Waals surface area contributed by atoms with Crippen molar-refractivity contribution in [2.75, 3.05) is 14.2 Å². The topological polar surface area (TPSA) is 57.4 Å². The van der Waals surface area contributed by atoms with Gasteiger partial charge in [0, 0.05) is 17.2 Å². The highest BCUT2D eigenvalue weighted by molar-refractivity contribution is 5.35. The highest BCUT2D eigenvalue weighted by Crippen LogP contribution is 2.24. The van der Waals surface area contributed by atoms with Crippen molar-refractivity contribution in [2.24, 2.45) is 5.73 Å². The molecule has 1 heterocycles. The Morgan fingerprint density at radius 1 is 1.33 bits per heavy atom. The summed E-state index contributed by atoms with van der Waals surface area (Å²) in [5.74, 6) is 1.32. The van der Waals surface area contributed by atoms with Crippen LogP contribution >= 0.6 is 0 Å². The lowest BCUT2D eigenvalue weighted by Gasteiger charge is -2.20. The molecule has 0 bridgehead atoms. The van der Waals surface area contributed by atoms with Crippen LogP contribution in [0.5, 0.6) is 11.6 Å². The van der Waals surface area contributed by atoms with Gasteiger partial charge in [-0.1, -0.05) is 0 Å². The normalized spacial score (nSPS) is 11.3. The minimum absolute atomic E-state index is 0.278. The molecule has 0 saturated carbocycles. The van der Waals surface area contributed by atoms with Gasteiger partial charge in [0.2, 0.25) is 5.88 Å². The van der Waals surface area contributed by atoms with E-state index in [9.17, 15) is 0 Å². The number of hydrogen-bond acceptors (Lipinski definition) is 4. The maximum absolute atomic E-state index is 5.97. The van der Waals surface area contributed by atoms with Crippen molar-refractivity contribution in [3.8, 4) is 11.6 Å². The second-order valence-electron chi connectivity index (χ2n) is 4.20. The molecule has 0 spiro atoms. The first-order chi connectivity index (χ1) is 6.96. The fourth-order valence-electron chi connectivity index (χ4n) is 1.39. The number of ether oxygens (including phenoxy) is 2. The Kier molecular flexibility index (Phi) is 3.52. The SMILES string of the molecule is COc1cc(CC(C)(C)N)c(OC)cn1. The van der Waals surface area contributed by atoms with E-state index >= 15 is 0 Å². The Hall–Kier alpha value is -1.29. The fraction of sp³-hybridized carbons (Fsp3) is 0.545. The number of nitrogens with two attached hydrogens (primary N) is 1. The first-order valence-electron chi connectivity index (χ1n) is 4.82. The molecule has 0 aliphatic carbocycles. The molecule has 15 heavy (non-hydrogen) atoms. The van der Waals surface area contributed by atoms with Gasteiger partial charge in [0.1, 0.15) is 5.75 Å². The van der Waals surface area contributed by atoms with E-state index in [2.05, 4.69) is 4.98 Å². The Balaban J connectivity index is 3.01. The molecule has 0 fully saturated rings. The van der Waals surface area contributed by atoms with Crippen LogP contribution in [-0.2, 0) is 6.42 Å². The van der Waals surface area contributed by atoms with Crippen molar-refractivity contribution >= 4 is 0 Å². The smallest absolute Gasteiger partial charge is 0.213 e. The van der Waals surface area contributed by atoms with Gasteiger partial charge in [-0.05, 0) is 20.3 Å². The van der Waals surface area contributed by atoms with E-state index in [1.807, 2.05) is 19.9 Å². The van der Waals surface area contributed by atoms with E-state index in [1.165, 1.54) is 0 Å². The largest absolute Gasteiger partial charge is 0.495 e. The molecule has 0 radical (unpaired) electrons. The van der Waals surface area contributed by atoms with E-state index in [-0.39, 0.29) is 5.54 Å². The monoisotopic (exact) mass is 210 g/mol. The first kappa shape index (κ1) is 11.8. The molecule has 0 amide bonds. The summed E-state index contributed by atoms with van der Waals surface area (Å²) in [5.41, 5.74) is 6.70. The van der Waals surface area contributed by atoms with Crippen LogP contribution in [0.25, 0.3) is 0 Å².